The fourth-order valence-corrected chi connectivity index (χ4v) is 1.58. The monoisotopic (exact) mass is 145 g/mol. The van der Waals surface area contributed by atoms with Gasteiger partial charge in [-0.1, -0.05) is 0 Å². The molecule has 4 heteroatoms. The average molecular weight is 145 g/mol. The van der Waals surface area contributed by atoms with E-state index in [1.54, 1.807) is 0 Å². The summed E-state index contributed by atoms with van der Waals surface area (Å²) in [5, 5.41) is 30.4. The van der Waals surface area contributed by atoms with E-state index in [0.29, 0.717) is 6.42 Å². The standard InChI is InChI=1S/C6H11NO3/c8-3-1-2-4(7-2)6(10)5(3)9/h2-10H,1H2/t2-,3-,4-,5+,6+/m1/s1. The summed E-state index contributed by atoms with van der Waals surface area (Å²) in [6.45, 7) is 0. The SMILES string of the molecule is O[C@@H]1[C@@H](O)[C@H](O)C[C@H]2N[C@@H]12. The second-order valence-electron chi connectivity index (χ2n) is 3.08. The summed E-state index contributed by atoms with van der Waals surface area (Å²) in [5.74, 6) is 0. The number of aliphatic hydroxyl groups excluding tert-OH is 3. The van der Waals surface area contributed by atoms with Crippen LogP contribution in [0.2, 0.25) is 0 Å². The van der Waals surface area contributed by atoms with Crippen molar-refractivity contribution in [2.24, 2.45) is 0 Å². The molecule has 58 valence electrons. The lowest BCUT2D eigenvalue weighted by atomic mass is 9.92. The fraction of sp³-hybridized carbons (Fsp3) is 1.00. The smallest absolute Gasteiger partial charge is 0.107 e. The molecule has 10 heavy (non-hydrogen) atoms. The van der Waals surface area contributed by atoms with Crippen molar-refractivity contribution in [2.75, 3.05) is 0 Å². The Kier molecular flexibility index (Phi) is 1.25. The van der Waals surface area contributed by atoms with Gasteiger partial charge < -0.3 is 20.6 Å². The molecule has 2 fully saturated rings. The van der Waals surface area contributed by atoms with Crippen LogP contribution in [0.1, 0.15) is 6.42 Å². The van der Waals surface area contributed by atoms with E-state index in [1.165, 1.54) is 0 Å². The Bertz CT molecular complexity index is 150. The molecule has 0 radical (unpaired) electrons. The van der Waals surface area contributed by atoms with Gasteiger partial charge >= 0.3 is 0 Å². The normalized spacial score (nSPS) is 59.7. The Labute approximate surface area is 58.5 Å². The quantitative estimate of drug-likeness (QED) is 0.292. The molecule has 0 bridgehead atoms. The van der Waals surface area contributed by atoms with Crippen LogP contribution in [0, 0.1) is 0 Å². The average Bonchev–Trinajstić information content (AvgIpc) is 2.62. The van der Waals surface area contributed by atoms with E-state index >= 15 is 0 Å². The van der Waals surface area contributed by atoms with Crippen LogP contribution in [0.3, 0.4) is 0 Å². The number of rotatable bonds is 0. The Balaban J connectivity index is 2.07. The van der Waals surface area contributed by atoms with Gasteiger partial charge in [0.25, 0.3) is 0 Å². The minimum absolute atomic E-state index is 0.0263. The first-order chi connectivity index (χ1) is 4.70. The van der Waals surface area contributed by atoms with E-state index in [9.17, 15) is 5.11 Å². The minimum Gasteiger partial charge on any atom is -0.390 e. The highest BCUT2D eigenvalue weighted by Crippen LogP contribution is 2.29. The molecule has 1 saturated heterocycles. The molecule has 0 unspecified atom stereocenters. The molecule has 1 aliphatic heterocycles. The van der Waals surface area contributed by atoms with Crippen LogP contribution in [0.15, 0.2) is 0 Å². The van der Waals surface area contributed by atoms with Gasteiger partial charge in [0.2, 0.25) is 0 Å². The number of aliphatic hydroxyl groups is 3. The fourth-order valence-electron chi connectivity index (χ4n) is 1.58. The summed E-state index contributed by atoms with van der Waals surface area (Å²) in [5.41, 5.74) is 0. The minimum atomic E-state index is -0.962. The largest absolute Gasteiger partial charge is 0.390 e. The molecule has 2 aliphatic rings. The Morgan fingerprint density at radius 2 is 1.80 bits per heavy atom. The van der Waals surface area contributed by atoms with E-state index in [4.69, 9.17) is 10.2 Å². The first-order valence-electron chi connectivity index (χ1n) is 3.50. The Morgan fingerprint density at radius 1 is 1.10 bits per heavy atom. The van der Waals surface area contributed by atoms with Crippen LogP contribution in [0.5, 0.6) is 0 Å². The van der Waals surface area contributed by atoms with Gasteiger partial charge in [0, 0.05) is 6.04 Å². The summed E-state index contributed by atoms with van der Waals surface area (Å²) in [6, 6.07) is 0.256. The number of nitrogens with one attached hydrogen (secondary N) is 1. The molecule has 1 aliphatic carbocycles. The first kappa shape index (κ1) is 6.54. The molecule has 1 saturated carbocycles. The summed E-state index contributed by atoms with van der Waals surface area (Å²) >= 11 is 0. The van der Waals surface area contributed by atoms with E-state index in [1.807, 2.05) is 0 Å². The molecule has 0 aromatic heterocycles. The van der Waals surface area contributed by atoms with Crippen molar-refractivity contribution in [1.29, 1.82) is 0 Å². The number of hydrogen-bond acceptors (Lipinski definition) is 4. The van der Waals surface area contributed by atoms with Crippen molar-refractivity contribution >= 4 is 0 Å². The Hall–Kier alpha value is -0.160. The van der Waals surface area contributed by atoms with Crippen molar-refractivity contribution < 1.29 is 15.3 Å². The number of fused-ring (bicyclic) bond motifs is 1. The van der Waals surface area contributed by atoms with Gasteiger partial charge in [-0.3, -0.25) is 0 Å². The lowest BCUT2D eigenvalue weighted by Gasteiger charge is -2.25. The van der Waals surface area contributed by atoms with Crippen molar-refractivity contribution in [2.45, 2.75) is 36.8 Å². The summed E-state index contributed by atoms with van der Waals surface area (Å²) in [4.78, 5) is 0. The first-order valence-corrected chi connectivity index (χ1v) is 3.50. The molecular formula is C6H11NO3. The molecule has 0 amide bonds. The summed E-state index contributed by atoms with van der Waals surface area (Å²) < 4.78 is 0. The van der Waals surface area contributed by atoms with Crippen LogP contribution in [-0.4, -0.2) is 45.7 Å². The van der Waals surface area contributed by atoms with Gasteiger partial charge in [0.15, 0.2) is 0 Å². The van der Waals surface area contributed by atoms with Gasteiger partial charge in [0.05, 0.1) is 18.2 Å². The van der Waals surface area contributed by atoms with E-state index in [0.717, 1.165) is 0 Å². The van der Waals surface area contributed by atoms with Crippen molar-refractivity contribution in [3.63, 3.8) is 0 Å². The third-order valence-corrected chi connectivity index (χ3v) is 2.34. The molecule has 2 rings (SSSR count). The summed E-state index contributed by atoms with van der Waals surface area (Å²) in [7, 11) is 0. The second kappa shape index (κ2) is 1.92. The lowest BCUT2D eigenvalue weighted by Crippen LogP contribution is -2.45. The van der Waals surface area contributed by atoms with Crippen molar-refractivity contribution in [3.05, 3.63) is 0 Å². The van der Waals surface area contributed by atoms with Gasteiger partial charge in [-0.05, 0) is 6.42 Å². The highest BCUT2D eigenvalue weighted by molar-refractivity contribution is 5.11. The maximum atomic E-state index is 9.19. The zero-order valence-corrected chi connectivity index (χ0v) is 5.44. The van der Waals surface area contributed by atoms with Crippen LogP contribution < -0.4 is 5.32 Å². The van der Waals surface area contributed by atoms with E-state index in [-0.39, 0.29) is 12.1 Å². The second-order valence-corrected chi connectivity index (χ2v) is 3.08. The van der Waals surface area contributed by atoms with Crippen LogP contribution in [0.4, 0.5) is 0 Å². The maximum absolute atomic E-state index is 9.19. The van der Waals surface area contributed by atoms with Crippen LogP contribution in [0.25, 0.3) is 0 Å². The highest BCUT2D eigenvalue weighted by Gasteiger charge is 2.51. The van der Waals surface area contributed by atoms with Gasteiger partial charge in [-0.2, -0.15) is 0 Å². The van der Waals surface area contributed by atoms with E-state index < -0.39 is 18.3 Å². The van der Waals surface area contributed by atoms with Gasteiger partial charge in [-0.15, -0.1) is 0 Å². The topological polar surface area (TPSA) is 82.6 Å². The predicted molar refractivity (Wildman–Crippen MR) is 33.3 cm³/mol. The predicted octanol–water partition coefficient (Wildman–Crippen LogP) is -2.19. The molecule has 0 spiro atoms. The Morgan fingerprint density at radius 3 is 2.50 bits per heavy atom. The molecule has 0 aromatic carbocycles. The molecule has 4 nitrogen and oxygen atoms in total. The van der Waals surface area contributed by atoms with Crippen LogP contribution >= 0.6 is 0 Å². The highest BCUT2D eigenvalue weighted by atomic mass is 16.4. The zero-order chi connectivity index (χ0) is 7.30. The van der Waals surface area contributed by atoms with Crippen molar-refractivity contribution in [1.82, 2.24) is 5.32 Å². The molecule has 0 aromatic rings. The van der Waals surface area contributed by atoms with Gasteiger partial charge in [-0.25, -0.2) is 0 Å². The molecule has 5 atom stereocenters. The van der Waals surface area contributed by atoms with Crippen LogP contribution in [-0.2, 0) is 0 Å². The molecule has 1 heterocycles. The summed E-state index contributed by atoms with van der Waals surface area (Å²) in [6.07, 6.45) is -1.95. The van der Waals surface area contributed by atoms with Crippen molar-refractivity contribution in [3.8, 4) is 0 Å². The maximum Gasteiger partial charge on any atom is 0.107 e. The van der Waals surface area contributed by atoms with Gasteiger partial charge in [0.1, 0.15) is 6.10 Å². The van der Waals surface area contributed by atoms with E-state index in [2.05, 4.69) is 5.32 Å². The molecule has 4 N–H and O–H groups in total. The third-order valence-electron chi connectivity index (χ3n) is 2.34. The lowest BCUT2D eigenvalue weighted by molar-refractivity contribution is -0.0738. The number of hydrogen-bond donors (Lipinski definition) is 4. The molecular weight excluding hydrogens is 134 g/mol. The zero-order valence-electron chi connectivity index (χ0n) is 5.44. The third kappa shape index (κ3) is 0.769.